The van der Waals surface area contributed by atoms with Crippen LogP contribution in [0.1, 0.15) is 27.2 Å². The van der Waals surface area contributed by atoms with Crippen molar-refractivity contribution in [3.8, 4) is 0 Å². The summed E-state index contributed by atoms with van der Waals surface area (Å²) in [7, 11) is -3.70. The zero-order chi connectivity index (χ0) is 19.8. The normalized spacial score (nSPS) is 20.7. The molecule has 0 saturated carbocycles. The zero-order valence-electron chi connectivity index (χ0n) is 15.5. The van der Waals surface area contributed by atoms with Gasteiger partial charge in [-0.25, -0.2) is 13.1 Å². The number of nitrogens with one attached hydrogen (secondary N) is 2. The topological polar surface area (TPSA) is 84.5 Å². The third-order valence-electron chi connectivity index (χ3n) is 4.23. The molecule has 2 atom stereocenters. The van der Waals surface area contributed by atoms with E-state index < -0.39 is 21.7 Å². The molecule has 8 heteroatoms. The van der Waals surface area contributed by atoms with Gasteiger partial charge in [-0.1, -0.05) is 23.7 Å². The number of hydrogen-bond acceptors (Lipinski definition) is 5. The van der Waals surface area contributed by atoms with Gasteiger partial charge in [0.1, 0.15) is 11.6 Å². The van der Waals surface area contributed by atoms with Crippen LogP contribution in [0.4, 0.5) is 0 Å². The minimum Gasteiger partial charge on any atom is -0.459 e. The van der Waals surface area contributed by atoms with Gasteiger partial charge < -0.3 is 10.1 Å². The average Bonchev–Trinajstić information content (AvgIpc) is 3.00. The number of fused-ring (bicyclic) bond motifs is 1. The van der Waals surface area contributed by atoms with Crippen molar-refractivity contribution in [3.63, 3.8) is 0 Å². The number of ether oxygens (including phenoxy) is 1. The van der Waals surface area contributed by atoms with Crippen molar-refractivity contribution in [1.29, 1.82) is 0 Å². The fourth-order valence-corrected chi connectivity index (χ4v) is 4.49. The summed E-state index contributed by atoms with van der Waals surface area (Å²) in [4.78, 5) is 12.3. The lowest BCUT2D eigenvalue weighted by molar-refractivity contribution is -0.157. The zero-order valence-corrected chi connectivity index (χ0v) is 17.0. The molecule has 1 heterocycles. The van der Waals surface area contributed by atoms with Crippen LogP contribution in [0, 0.1) is 0 Å². The molecule has 0 aromatic heterocycles. The molecule has 0 bridgehead atoms. The monoisotopic (exact) mass is 410 g/mol. The van der Waals surface area contributed by atoms with E-state index >= 15 is 0 Å². The summed E-state index contributed by atoms with van der Waals surface area (Å²) in [6, 6.07) is 9.28. The highest BCUT2D eigenvalue weighted by molar-refractivity contribution is 7.89. The Balaban J connectivity index is 1.70. The van der Waals surface area contributed by atoms with E-state index in [2.05, 4.69) is 10.0 Å². The largest absolute Gasteiger partial charge is 0.459 e. The number of halogens is 1. The van der Waals surface area contributed by atoms with Crippen LogP contribution in [-0.2, 0) is 19.6 Å². The SMILES string of the molecule is CC(C)(C)OC(=O)C1CC(NS(=O)(=O)c2ccc3cc(Cl)ccc3c2)CN1. The number of hydrogen-bond donors (Lipinski definition) is 2. The highest BCUT2D eigenvalue weighted by atomic mass is 35.5. The number of esters is 1. The summed E-state index contributed by atoms with van der Waals surface area (Å²) in [6.45, 7) is 5.76. The second kappa shape index (κ2) is 7.39. The van der Waals surface area contributed by atoms with Crippen molar-refractivity contribution in [2.24, 2.45) is 0 Å². The van der Waals surface area contributed by atoms with Crippen LogP contribution in [0.25, 0.3) is 10.8 Å². The first kappa shape index (κ1) is 20.1. The third-order valence-corrected chi connectivity index (χ3v) is 5.98. The maximum atomic E-state index is 12.7. The average molecular weight is 411 g/mol. The van der Waals surface area contributed by atoms with Gasteiger partial charge in [0.2, 0.25) is 10.0 Å². The lowest BCUT2D eigenvalue weighted by Gasteiger charge is -2.22. The Hall–Kier alpha value is -1.67. The quantitative estimate of drug-likeness (QED) is 0.757. The van der Waals surface area contributed by atoms with Crippen LogP contribution >= 0.6 is 11.6 Å². The van der Waals surface area contributed by atoms with Gasteiger partial charge >= 0.3 is 5.97 Å². The molecule has 27 heavy (non-hydrogen) atoms. The molecule has 6 nitrogen and oxygen atoms in total. The highest BCUT2D eigenvalue weighted by Crippen LogP contribution is 2.23. The summed E-state index contributed by atoms with van der Waals surface area (Å²) in [6.07, 6.45) is 0.345. The minimum absolute atomic E-state index is 0.179. The number of benzene rings is 2. The Morgan fingerprint density at radius 1 is 1.19 bits per heavy atom. The van der Waals surface area contributed by atoms with Gasteiger partial charge in [0.25, 0.3) is 0 Å². The van der Waals surface area contributed by atoms with Crippen molar-refractivity contribution < 1.29 is 17.9 Å². The Kier molecular flexibility index (Phi) is 5.49. The molecule has 2 aromatic rings. The Morgan fingerprint density at radius 3 is 2.56 bits per heavy atom. The lowest BCUT2D eigenvalue weighted by Crippen LogP contribution is -2.37. The summed E-state index contributed by atoms with van der Waals surface area (Å²) in [5.74, 6) is -0.369. The van der Waals surface area contributed by atoms with Crippen LogP contribution in [-0.4, -0.2) is 38.6 Å². The van der Waals surface area contributed by atoms with Crippen LogP contribution in [0.3, 0.4) is 0 Å². The molecular weight excluding hydrogens is 388 g/mol. The number of carbonyl (C=O) groups is 1. The first-order valence-corrected chi connectivity index (χ1v) is 10.6. The van der Waals surface area contributed by atoms with Crippen LogP contribution in [0.15, 0.2) is 41.3 Å². The predicted molar refractivity (Wildman–Crippen MR) is 105 cm³/mol. The molecule has 1 aliphatic rings. The maximum absolute atomic E-state index is 12.7. The van der Waals surface area contributed by atoms with Gasteiger partial charge in [0.15, 0.2) is 0 Å². The van der Waals surface area contributed by atoms with Gasteiger partial charge in [-0.3, -0.25) is 4.79 Å². The van der Waals surface area contributed by atoms with E-state index in [1.165, 1.54) is 0 Å². The van der Waals surface area contributed by atoms with E-state index in [4.69, 9.17) is 16.3 Å². The summed E-state index contributed by atoms with van der Waals surface area (Å²) >= 11 is 5.97. The number of carbonyl (C=O) groups excluding carboxylic acids is 1. The molecule has 2 unspecified atom stereocenters. The van der Waals surface area contributed by atoms with Crippen molar-refractivity contribution >= 4 is 38.4 Å². The van der Waals surface area contributed by atoms with E-state index in [0.717, 1.165) is 10.8 Å². The lowest BCUT2D eigenvalue weighted by atomic mass is 10.1. The maximum Gasteiger partial charge on any atom is 0.323 e. The Labute approximate surface area is 164 Å². The molecule has 0 radical (unpaired) electrons. The predicted octanol–water partition coefficient (Wildman–Crippen LogP) is 2.84. The van der Waals surface area contributed by atoms with Gasteiger partial charge in [0, 0.05) is 17.6 Å². The molecule has 3 rings (SSSR count). The minimum atomic E-state index is -3.70. The molecular formula is C19H23ClN2O4S. The molecule has 2 N–H and O–H groups in total. The van der Waals surface area contributed by atoms with E-state index in [0.29, 0.717) is 18.0 Å². The van der Waals surface area contributed by atoms with E-state index in [1.54, 1.807) is 57.2 Å². The van der Waals surface area contributed by atoms with Crippen molar-refractivity contribution in [1.82, 2.24) is 10.0 Å². The molecule has 0 aliphatic carbocycles. The fraction of sp³-hybridized carbons (Fsp3) is 0.421. The van der Waals surface area contributed by atoms with Gasteiger partial charge in [-0.05, 0) is 62.2 Å². The Bertz CT molecular complexity index is 969. The standard InChI is InChI=1S/C19H23ClN2O4S/c1-19(2,3)26-18(23)17-10-15(11-21-17)22-27(24,25)16-7-5-12-8-14(20)6-4-13(12)9-16/h4-9,15,17,21-22H,10-11H2,1-3H3. The van der Waals surface area contributed by atoms with E-state index in [9.17, 15) is 13.2 Å². The summed E-state index contributed by atoms with van der Waals surface area (Å²) < 4.78 is 33.5. The Morgan fingerprint density at radius 2 is 1.85 bits per heavy atom. The fourth-order valence-electron chi connectivity index (χ4n) is 3.03. The van der Waals surface area contributed by atoms with Crippen LogP contribution in [0.2, 0.25) is 5.02 Å². The first-order chi connectivity index (χ1) is 12.5. The van der Waals surface area contributed by atoms with E-state index in [1.807, 2.05) is 0 Å². The summed E-state index contributed by atoms with van der Waals surface area (Å²) in [5.41, 5.74) is -0.579. The smallest absolute Gasteiger partial charge is 0.323 e. The highest BCUT2D eigenvalue weighted by Gasteiger charge is 2.34. The van der Waals surface area contributed by atoms with Gasteiger partial charge in [0.05, 0.1) is 4.90 Å². The molecule has 1 fully saturated rings. The third kappa shape index (κ3) is 4.99. The van der Waals surface area contributed by atoms with Crippen LogP contribution < -0.4 is 10.0 Å². The van der Waals surface area contributed by atoms with Crippen molar-refractivity contribution in [3.05, 3.63) is 41.4 Å². The van der Waals surface area contributed by atoms with Gasteiger partial charge in [-0.2, -0.15) is 0 Å². The number of sulfonamides is 1. The molecule has 0 spiro atoms. The molecule has 2 aromatic carbocycles. The van der Waals surface area contributed by atoms with Crippen molar-refractivity contribution in [2.45, 2.75) is 49.8 Å². The second-order valence-electron chi connectivity index (χ2n) is 7.70. The molecule has 1 aliphatic heterocycles. The van der Waals surface area contributed by atoms with Crippen LogP contribution in [0.5, 0.6) is 0 Å². The first-order valence-electron chi connectivity index (χ1n) is 8.71. The van der Waals surface area contributed by atoms with Crippen molar-refractivity contribution in [2.75, 3.05) is 6.54 Å². The number of rotatable bonds is 4. The molecule has 0 amide bonds. The summed E-state index contributed by atoms with van der Waals surface area (Å²) in [5, 5.41) is 5.28. The molecule has 1 saturated heterocycles. The molecule has 146 valence electrons. The van der Waals surface area contributed by atoms with Gasteiger partial charge in [-0.15, -0.1) is 0 Å². The second-order valence-corrected chi connectivity index (χ2v) is 9.85. The van der Waals surface area contributed by atoms with E-state index in [-0.39, 0.29) is 16.9 Å².